The Labute approximate surface area is 116 Å². The Kier molecular flexibility index (Phi) is 5.04. The molecule has 0 amide bonds. The molecule has 0 aliphatic rings. The lowest BCUT2D eigenvalue weighted by molar-refractivity contribution is -0.0841. The Morgan fingerprint density at radius 2 is 1.63 bits per heavy atom. The highest BCUT2D eigenvalue weighted by molar-refractivity contribution is 6.33. The molecular weight excluding hydrogens is 275 g/mol. The first-order valence-electron chi connectivity index (χ1n) is 5.87. The van der Waals surface area contributed by atoms with Gasteiger partial charge in [0.15, 0.2) is 0 Å². The van der Waals surface area contributed by atoms with E-state index in [4.69, 9.17) is 11.6 Å². The number of nitrogens with one attached hydrogen (secondary N) is 1. The van der Waals surface area contributed by atoms with Crippen molar-refractivity contribution in [3.05, 3.63) is 40.9 Å². The zero-order valence-electron chi connectivity index (χ0n) is 11.1. The van der Waals surface area contributed by atoms with Crippen LogP contribution < -0.4 is 5.32 Å². The van der Waals surface area contributed by atoms with Crippen LogP contribution in [0.3, 0.4) is 0 Å². The second-order valence-electron chi connectivity index (χ2n) is 5.26. The predicted molar refractivity (Wildman–Crippen MR) is 73.0 cm³/mol. The number of hydrogen-bond donors (Lipinski definition) is 1. The lowest BCUT2D eigenvalue weighted by Crippen LogP contribution is -2.37. The van der Waals surface area contributed by atoms with Gasteiger partial charge in [-0.3, -0.25) is 0 Å². The van der Waals surface area contributed by atoms with Gasteiger partial charge in [-0.05, 0) is 31.9 Å². The highest BCUT2D eigenvalue weighted by atomic mass is 35.5. The van der Waals surface area contributed by atoms with Crippen molar-refractivity contribution in [1.82, 2.24) is 5.32 Å². The summed E-state index contributed by atoms with van der Waals surface area (Å²) in [5, 5.41) is 1.96. The van der Waals surface area contributed by atoms with Gasteiger partial charge in [0.05, 0.1) is 0 Å². The standard InChI is InChI=1S/C14H17ClF3N/c1-13(2,3)19-9-11(12(15)14(16,17)18)10-7-5-4-6-8-10/h4-8,19H,9H2,1-3H3/b12-11-. The van der Waals surface area contributed by atoms with Gasteiger partial charge >= 0.3 is 6.18 Å². The molecule has 1 aromatic carbocycles. The number of allylic oxidation sites excluding steroid dienone is 1. The first-order chi connectivity index (χ1) is 8.61. The normalized spacial score (nSPS) is 14.3. The summed E-state index contributed by atoms with van der Waals surface area (Å²) in [4.78, 5) is 0. The molecule has 0 heterocycles. The maximum atomic E-state index is 12.8. The van der Waals surface area contributed by atoms with Crippen LogP contribution in [0, 0.1) is 0 Å². The minimum absolute atomic E-state index is 0.0599. The number of rotatable bonds is 3. The maximum absolute atomic E-state index is 12.8. The summed E-state index contributed by atoms with van der Waals surface area (Å²) in [6.07, 6.45) is -4.54. The van der Waals surface area contributed by atoms with Crippen LogP contribution in [0.25, 0.3) is 5.57 Å². The Morgan fingerprint density at radius 3 is 2.05 bits per heavy atom. The molecule has 106 valence electrons. The van der Waals surface area contributed by atoms with Crippen molar-refractivity contribution in [1.29, 1.82) is 0 Å². The van der Waals surface area contributed by atoms with Crippen molar-refractivity contribution in [3.63, 3.8) is 0 Å². The zero-order valence-corrected chi connectivity index (χ0v) is 11.9. The van der Waals surface area contributed by atoms with Crippen molar-refractivity contribution in [3.8, 4) is 0 Å². The van der Waals surface area contributed by atoms with Crippen LogP contribution in [-0.2, 0) is 0 Å². The van der Waals surface area contributed by atoms with Gasteiger partial charge in [-0.2, -0.15) is 13.2 Å². The third-order valence-electron chi connectivity index (χ3n) is 2.43. The van der Waals surface area contributed by atoms with E-state index in [9.17, 15) is 13.2 Å². The van der Waals surface area contributed by atoms with Crippen LogP contribution in [0.5, 0.6) is 0 Å². The summed E-state index contributed by atoms with van der Waals surface area (Å²) in [6.45, 7) is 5.72. The number of hydrogen-bond acceptors (Lipinski definition) is 1. The molecule has 0 atom stereocenters. The third kappa shape index (κ3) is 5.25. The molecule has 0 bridgehead atoms. The lowest BCUT2D eigenvalue weighted by atomic mass is 10.0. The minimum Gasteiger partial charge on any atom is -0.308 e. The molecule has 0 radical (unpaired) electrons. The summed E-state index contributed by atoms with van der Waals surface area (Å²) < 4.78 is 38.4. The first-order valence-corrected chi connectivity index (χ1v) is 6.25. The monoisotopic (exact) mass is 291 g/mol. The molecule has 19 heavy (non-hydrogen) atoms. The van der Waals surface area contributed by atoms with E-state index in [0.29, 0.717) is 5.56 Å². The summed E-state index contributed by atoms with van der Waals surface area (Å²) in [7, 11) is 0. The Morgan fingerprint density at radius 1 is 1.11 bits per heavy atom. The largest absolute Gasteiger partial charge is 0.427 e. The quantitative estimate of drug-likeness (QED) is 0.859. The van der Waals surface area contributed by atoms with E-state index in [1.54, 1.807) is 30.3 Å². The van der Waals surface area contributed by atoms with Gasteiger partial charge in [0.1, 0.15) is 5.03 Å². The fraction of sp³-hybridized carbons (Fsp3) is 0.429. The second-order valence-corrected chi connectivity index (χ2v) is 5.64. The highest BCUT2D eigenvalue weighted by Crippen LogP contribution is 2.35. The second kappa shape index (κ2) is 5.97. The fourth-order valence-corrected chi connectivity index (χ4v) is 1.65. The van der Waals surface area contributed by atoms with Gasteiger partial charge in [0.2, 0.25) is 0 Å². The SMILES string of the molecule is CC(C)(C)NC/C(=C(/Cl)C(F)(F)F)c1ccccc1. The van der Waals surface area contributed by atoms with Crippen LogP contribution in [0.15, 0.2) is 35.4 Å². The van der Waals surface area contributed by atoms with Crippen LogP contribution in [-0.4, -0.2) is 18.3 Å². The van der Waals surface area contributed by atoms with Crippen LogP contribution in [0.4, 0.5) is 13.2 Å². The summed E-state index contributed by atoms with van der Waals surface area (Å²) >= 11 is 5.50. The van der Waals surface area contributed by atoms with E-state index < -0.39 is 11.2 Å². The molecule has 1 rings (SSSR count). The smallest absolute Gasteiger partial charge is 0.308 e. The van der Waals surface area contributed by atoms with Crippen molar-refractivity contribution >= 4 is 17.2 Å². The molecule has 0 saturated heterocycles. The van der Waals surface area contributed by atoms with Crippen molar-refractivity contribution < 1.29 is 13.2 Å². The molecule has 0 spiro atoms. The van der Waals surface area contributed by atoms with Crippen molar-refractivity contribution in [2.24, 2.45) is 0 Å². The number of benzene rings is 1. The Balaban J connectivity index is 3.13. The summed E-state index contributed by atoms with van der Waals surface area (Å²) in [6, 6.07) is 8.36. The van der Waals surface area contributed by atoms with E-state index in [2.05, 4.69) is 5.32 Å². The lowest BCUT2D eigenvalue weighted by Gasteiger charge is -2.23. The van der Waals surface area contributed by atoms with Gasteiger partial charge in [-0.1, -0.05) is 41.9 Å². The van der Waals surface area contributed by atoms with Gasteiger partial charge in [0, 0.05) is 12.1 Å². The molecule has 0 saturated carbocycles. The molecule has 0 fully saturated rings. The van der Waals surface area contributed by atoms with Gasteiger partial charge in [-0.15, -0.1) is 0 Å². The first kappa shape index (κ1) is 16.1. The predicted octanol–water partition coefficient (Wildman–Crippen LogP) is 4.59. The molecule has 1 aromatic rings. The molecule has 1 nitrogen and oxygen atoms in total. The van der Waals surface area contributed by atoms with E-state index in [0.717, 1.165) is 0 Å². The Hall–Kier alpha value is -1.00. The molecule has 0 aliphatic heterocycles. The van der Waals surface area contributed by atoms with Crippen LogP contribution >= 0.6 is 11.6 Å². The van der Waals surface area contributed by atoms with Crippen molar-refractivity contribution in [2.45, 2.75) is 32.5 Å². The van der Waals surface area contributed by atoms with E-state index in [1.165, 1.54) is 0 Å². The van der Waals surface area contributed by atoms with Gasteiger partial charge in [-0.25, -0.2) is 0 Å². The topological polar surface area (TPSA) is 12.0 Å². The van der Waals surface area contributed by atoms with Gasteiger partial charge < -0.3 is 5.32 Å². The molecule has 0 aromatic heterocycles. The Bertz CT molecular complexity index is 444. The van der Waals surface area contributed by atoms with Crippen LogP contribution in [0.1, 0.15) is 26.3 Å². The third-order valence-corrected chi connectivity index (χ3v) is 2.87. The molecular formula is C14H17ClF3N. The van der Waals surface area contributed by atoms with E-state index >= 15 is 0 Å². The van der Waals surface area contributed by atoms with E-state index in [1.807, 2.05) is 20.8 Å². The van der Waals surface area contributed by atoms with Crippen LogP contribution in [0.2, 0.25) is 0 Å². The minimum atomic E-state index is -4.54. The van der Waals surface area contributed by atoms with Gasteiger partial charge in [0.25, 0.3) is 0 Å². The fourth-order valence-electron chi connectivity index (χ4n) is 1.47. The average molecular weight is 292 g/mol. The highest BCUT2D eigenvalue weighted by Gasteiger charge is 2.35. The molecule has 0 unspecified atom stereocenters. The molecule has 1 N–H and O–H groups in total. The zero-order chi connectivity index (χ0) is 14.7. The summed E-state index contributed by atoms with van der Waals surface area (Å²) in [5.74, 6) is 0. The maximum Gasteiger partial charge on any atom is 0.427 e. The average Bonchev–Trinajstić information content (AvgIpc) is 2.27. The number of halogens is 4. The molecule has 0 aliphatic carbocycles. The van der Waals surface area contributed by atoms with E-state index in [-0.39, 0.29) is 17.7 Å². The van der Waals surface area contributed by atoms with Crippen molar-refractivity contribution in [2.75, 3.05) is 6.54 Å². The molecule has 5 heteroatoms. The summed E-state index contributed by atoms with van der Waals surface area (Å²) in [5.41, 5.74) is 0.245. The number of alkyl halides is 3.